The Morgan fingerprint density at radius 3 is 1.97 bits per heavy atom. The van der Waals surface area contributed by atoms with Gasteiger partial charge < -0.3 is 93.0 Å². The first kappa shape index (κ1) is 49.5. The molecule has 22 nitrogen and oxygen atoms in total. The number of phenolic OH excluding ortho intramolecular Hbond substituents is 1. The summed E-state index contributed by atoms with van der Waals surface area (Å²) in [7, 11) is 1.43. The average molecular weight is 923 g/mol. The van der Waals surface area contributed by atoms with E-state index in [-0.39, 0.29) is 34.6 Å². The fraction of sp³-hybridized carbons (Fsp3) is 0.558. The highest BCUT2D eigenvalue weighted by molar-refractivity contribution is 5.91. The zero-order valence-corrected chi connectivity index (χ0v) is 36.1. The van der Waals surface area contributed by atoms with E-state index in [0.29, 0.717) is 5.75 Å². The minimum atomic E-state index is -2.02. The van der Waals surface area contributed by atoms with Crippen LogP contribution in [0.25, 0.3) is 22.3 Å². The Hall–Kier alpha value is -4.95. The summed E-state index contributed by atoms with van der Waals surface area (Å²) in [5.74, 6) is -3.00. The first-order valence-corrected chi connectivity index (χ1v) is 20.5. The second-order valence-corrected chi connectivity index (χ2v) is 16.0. The highest BCUT2D eigenvalue weighted by Crippen LogP contribution is 2.42. The number of aromatic hydroxyl groups is 1. The minimum Gasteiger partial charge on any atom is -0.507 e. The summed E-state index contributed by atoms with van der Waals surface area (Å²) < 4.78 is 57.5. The molecule has 15 atom stereocenters. The number of aliphatic hydroxyl groups is 8. The maximum Gasteiger partial charge on any atom is 0.303 e. The summed E-state index contributed by atoms with van der Waals surface area (Å²) in [6.07, 6.45) is -23.8. The van der Waals surface area contributed by atoms with Gasteiger partial charge in [-0.3, -0.25) is 14.4 Å². The van der Waals surface area contributed by atoms with Crippen LogP contribution in [0.1, 0.15) is 40.2 Å². The molecule has 4 heterocycles. The number of esters is 2. The van der Waals surface area contributed by atoms with Gasteiger partial charge in [-0.2, -0.15) is 0 Å². The van der Waals surface area contributed by atoms with Crippen molar-refractivity contribution in [3.63, 3.8) is 0 Å². The second-order valence-electron chi connectivity index (χ2n) is 16.0. The Labute approximate surface area is 370 Å². The molecule has 3 fully saturated rings. The standard InChI is InChI=1S/C43H54O22/c1-16(2)7-12-22-24(60-41-33(53)31(51)28(48)25(14-44)61-41)13-23(47)27-30(50)39(37(63-38(22)27)20-8-10-21(56-6)11-9-20)64-43-35(55)40(36(17(3)58-43)59-19(5)46)65-42-34(54)32(52)29(49)26(62-42)15-57-18(4)45/h7-11,13,17,25-26,28-29,31-36,40-44,47-49,51-55H,12,14-15H2,1-6H3. The predicted molar refractivity (Wildman–Crippen MR) is 218 cm³/mol. The maximum absolute atomic E-state index is 14.8. The molecule has 6 rings (SSSR count). The Morgan fingerprint density at radius 1 is 0.754 bits per heavy atom. The lowest BCUT2D eigenvalue weighted by molar-refractivity contribution is -0.351. The largest absolute Gasteiger partial charge is 0.507 e. The van der Waals surface area contributed by atoms with Crippen molar-refractivity contribution in [2.24, 2.45) is 0 Å². The fourth-order valence-electron chi connectivity index (χ4n) is 7.53. The van der Waals surface area contributed by atoms with Gasteiger partial charge in [-0.1, -0.05) is 11.6 Å². The van der Waals surface area contributed by atoms with Gasteiger partial charge in [0.2, 0.25) is 23.8 Å². The molecule has 3 aliphatic rings. The molecular formula is C43H54O22. The monoisotopic (exact) mass is 922 g/mol. The zero-order chi connectivity index (χ0) is 47.6. The van der Waals surface area contributed by atoms with Crippen LogP contribution < -0.4 is 19.6 Å². The lowest BCUT2D eigenvalue weighted by Crippen LogP contribution is -2.65. The number of methoxy groups -OCH3 is 1. The van der Waals surface area contributed by atoms with Gasteiger partial charge in [0.15, 0.2) is 18.2 Å². The van der Waals surface area contributed by atoms with Gasteiger partial charge in [0.05, 0.1) is 19.8 Å². The molecule has 0 spiro atoms. The molecule has 3 aromatic rings. The number of rotatable bonds is 14. The summed E-state index contributed by atoms with van der Waals surface area (Å²) in [5.41, 5.74) is -0.123. The second kappa shape index (κ2) is 20.7. The summed E-state index contributed by atoms with van der Waals surface area (Å²) in [5, 5.41) is 96.5. The van der Waals surface area contributed by atoms with Crippen LogP contribution in [0.3, 0.4) is 0 Å². The lowest BCUT2D eigenvalue weighted by Gasteiger charge is -2.46. The van der Waals surface area contributed by atoms with E-state index >= 15 is 0 Å². The number of hydrogen-bond donors (Lipinski definition) is 9. The van der Waals surface area contributed by atoms with Gasteiger partial charge in [0.1, 0.15) is 95.9 Å². The average Bonchev–Trinajstić information content (AvgIpc) is 3.26. The Balaban J connectivity index is 1.46. The van der Waals surface area contributed by atoms with E-state index in [1.165, 1.54) is 26.2 Å². The molecule has 3 aliphatic heterocycles. The first-order chi connectivity index (χ1) is 30.7. The van der Waals surface area contributed by atoms with Gasteiger partial charge in [-0.15, -0.1) is 0 Å². The summed E-state index contributed by atoms with van der Waals surface area (Å²) >= 11 is 0. The third kappa shape index (κ3) is 10.5. The van der Waals surface area contributed by atoms with Crippen LogP contribution in [0.2, 0.25) is 0 Å². The molecule has 3 saturated heterocycles. The van der Waals surface area contributed by atoms with Gasteiger partial charge in [0, 0.05) is 31.0 Å². The SMILES string of the molecule is COc1ccc(-c2oc3c(CC=C(C)C)c(OC4OC(CO)C(O)C(O)C4O)cc(O)c3c(=O)c2OC2OC(C)C(OC(C)=O)C(OC3OC(COC(C)=O)C(O)C(O)C3O)C2O)cc1. The number of carbonyl (C=O) groups excluding carboxylic acids is 2. The Morgan fingerprint density at radius 2 is 1.37 bits per heavy atom. The lowest BCUT2D eigenvalue weighted by atomic mass is 9.97. The minimum absolute atomic E-state index is 0.0157. The van der Waals surface area contributed by atoms with Crippen molar-refractivity contribution in [1.82, 2.24) is 0 Å². The summed E-state index contributed by atoms with van der Waals surface area (Å²) in [4.78, 5) is 38.7. The highest BCUT2D eigenvalue weighted by atomic mass is 16.7. The first-order valence-electron chi connectivity index (χ1n) is 20.5. The van der Waals surface area contributed by atoms with Gasteiger partial charge >= 0.3 is 11.9 Å². The van der Waals surface area contributed by atoms with E-state index in [4.69, 9.17) is 47.0 Å². The van der Waals surface area contributed by atoms with Crippen molar-refractivity contribution in [2.75, 3.05) is 20.3 Å². The predicted octanol–water partition coefficient (Wildman–Crippen LogP) is -0.966. The van der Waals surface area contributed by atoms with Crippen molar-refractivity contribution in [3.8, 4) is 34.3 Å². The highest BCUT2D eigenvalue weighted by Gasteiger charge is 2.53. The smallest absolute Gasteiger partial charge is 0.303 e. The molecule has 0 bridgehead atoms. The molecule has 0 amide bonds. The normalized spacial score (nSPS) is 32.6. The topological polar surface area (TPSA) is 329 Å². The van der Waals surface area contributed by atoms with Crippen LogP contribution in [0.5, 0.6) is 23.0 Å². The molecule has 15 unspecified atom stereocenters. The molecule has 0 saturated carbocycles. The molecule has 65 heavy (non-hydrogen) atoms. The van der Waals surface area contributed by atoms with Crippen LogP contribution in [0, 0.1) is 0 Å². The van der Waals surface area contributed by atoms with Crippen LogP contribution in [0.4, 0.5) is 0 Å². The zero-order valence-electron chi connectivity index (χ0n) is 36.1. The molecule has 0 aliphatic carbocycles. The number of allylic oxidation sites excluding steroid dienone is 2. The van der Waals surface area contributed by atoms with Gasteiger partial charge in [-0.25, -0.2) is 0 Å². The molecular weight excluding hydrogens is 868 g/mol. The van der Waals surface area contributed by atoms with E-state index < -0.39 is 140 Å². The summed E-state index contributed by atoms with van der Waals surface area (Å²) in [6, 6.07) is 7.14. The van der Waals surface area contributed by atoms with E-state index in [1.807, 2.05) is 0 Å². The van der Waals surface area contributed by atoms with Crippen molar-refractivity contribution in [2.45, 2.75) is 133 Å². The van der Waals surface area contributed by atoms with Crippen molar-refractivity contribution < 1.29 is 103 Å². The van der Waals surface area contributed by atoms with Gasteiger partial charge in [0.25, 0.3) is 0 Å². The fourth-order valence-corrected chi connectivity index (χ4v) is 7.53. The number of benzene rings is 2. The Kier molecular flexibility index (Phi) is 15.8. The molecule has 22 heteroatoms. The van der Waals surface area contributed by atoms with E-state index in [9.17, 15) is 60.3 Å². The molecule has 9 N–H and O–H groups in total. The van der Waals surface area contributed by atoms with Gasteiger partial charge in [-0.05, 0) is 51.5 Å². The van der Waals surface area contributed by atoms with E-state index in [0.717, 1.165) is 25.5 Å². The van der Waals surface area contributed by atoms with Crippen LogP contribution in [0.15, 0.2) is 51.2 Å². The number of ether oxygens (including phenoxy) is 9. The van der Waals surface area contributed by atoms with Crippen LogP contribution in [-0.4, -0.2) is 170 Å². The van der Waals surface area contributed by atoms with Crippen LogP contribution >= 0.6 is 0 Å². The molecule has 1 aromatic heterocycles. The number of hydrogen-bond acceptors (Lipinski definition) is 22. The quantitative estimate of drug-likeness (QED) is 0.0694. The number of phenols is 1. The third-order valence-electron chi connectivity index (χ3n) is 11.0. The number of aliphatic hydroxyl groups excluding tert-OH is 8. The van der Waals surface area contributed by atoms with E-state index in [1.54, 1.807) is 32.1 Å². The van der Waals surface area contributed by atoms with Crippen LogP contribution in [-0.2, 0) is 44.4 Å². The van der Waals surface area contributed by atoms with Crippen molar-refractivity contribution in [1.29, 1.82) is 0 Å². The number of carbonyl (C=O) groups is 2. The third-order valence-corrected chi connectivity index (χ3v) is 11.0. The van der Waals surface area contributed by atoms with E-state index in [2.05, 4.69) is 0 Å². The molecule has 2 aromatic carbocycles. The molecule has 358 valence electrons. The Bertz CT molecular complexity index is 2240. The molecule has 0 radical (unpaired) electrons. The summed E-state index contributed by atoms with van der Waals surface area (Å²) in [6.45, 7) is 5.84. The van der Waals surface area contributed by atoms with Crippen molar-refractivity contribution >= 4 is 22.9 Å². The number of fused-ring (bicyclic) bond motifs is 1. The maximum atomic E-state index is 14.8. The van der Waals surface area contributed by atoms with Crippen molar-refractivity contribution in [3.05, 3.63) is 57.8 Å².